The summed E-state index contributed by atoms with van der Waals surface area (Å²) in [6.45, 7) is 5.51. The van der Waals surface area contributed by atoms with Crippen LogP contribution in [0.4, 0.5) is 0 Å². The van der Waals surface area contributed by atoms with E-state index in [0.29, 0.717) is 11.4 Å². The van der Waals surface area contributed by atoms with Crippen molar-refractivity contribution in [2.24, 2.45) is 0 Å². The van der Waals surface area contributed by atoms with E-state index in [9.17, 15) is 4.79 Å². The van der Waals surface area contributed by atoms with E-state index in [2.05, 4.69) is 6.58 Å². The molecule has 0 atom stereocenters. The highest BCUT2D eigenvalue weighted by Crippen LogP contribution is 2.20. The second-order valence-electron chi connectivity index (χ2n) is 3.52. The van der Waals surface area contributed by atoms with E-state index in [4.69, 9.17) is 11.6 Å². The summed E-state index contributed by atoms with van der Waals surface area (Å²) < 4.78 is 0. The van der Waals surface area contributed by atoms with Gasteiger partial charge in [-0.05, 0) is 31.4 Å². The van der Waals surface area contributed by atoms with Crippen LogP contribution >= 0.6 is 11.6 Å². The molecule has 0 heterocycles. The van der Waals surface area contributed by atoms with Crippen LogP contribution in [0, 0.1) is 6.92 Å². The van der Waals surface area contributed by atoms with Gasteiger partial charge in [0.15, 0.2) is 5.78 Å². The molecule has 0 aliphatic heterocycles. The van der Waals surface area contributed by atoms with Crippen molar-refractivity contribution in [2.75, 3.05) is 0 Å². The molecule has 0 aromatic heterocycles. The van der Waals surface area contributed by atoms with Gasteiger partial charge in [-0.15, -0.1) is 6.58 Å². The van der Waals surface area contributed by atoms with Crippen molar-refractivity contribution in [3.05, 3.63) is 47.0 Å². The molecular weight excluding hydrogens is 208 g/mol. The Kier molecular flexibility index (Phi) is 4.57. The molecule has 0 saturated heterocycles. The van der Waals surface area contributed by atoms with E-state index in [1.807, 2.05) is 25.1 Å². The van der Waals surface area contributed by atoms with Crippen molar-refractivity contribution in [1.29, 1.82) is 0 Å². The number of ketones is 1. The van der Waals surface area contributed by atoms with Gasteiger partial charge in [0.2, 0.25) is 0 Å². The zero-order chi connectivity index (χ0) is 11.3. The van der Waals surface area contributed by atoms with Crippen LogP contribution in [-0.2, 0) is 0 Å². The highest BCUT2D eigenvalue weighted by Gasteiger charge is 2.09. The van der Waals surface area contributed by atoms with Gasteiger partial charge in [-0.3, -0.25) is 4.79 Å². The second-order valence-corrected chi connectivity index (χ2v) is 3.92. The van der Waals surface area contributed by atoms with Gasteiger partial charge >= 0.3 is 0 Å². The number of halogens is 1. The zero-order valence-electron chi connectivity index (χ0n) is 8.92. The van der Waals surface area contributed by atoms with Crippen LogP contribution in [0.2, 0.25) is 5.02 Å². The van der Waals surface area contributed by atoms with Crippen LogP contribution in [0.1, 0.15) is 35.2 Å². The summed E-state index contributed by atoms with van der Waals surface area (Å²) in [7, 11) is 0. The van der Waals surface area contributed by atoms with E-state index in [1.165, 1.54) is 0 Å². The predicted molar refractivity (Wildman–Crippen MR) is 64.6 cm³/mol. The first kappa shape index (κ1) is 12.0. The van der Waals surface area contributed by atoms with Gasteiger partial charge in [-0.1, -0.05) is 29.8 Å². The Morgan fingerprint density at radius 2 is 2.27 bits per heavy atom. The Hall–Kier alpha value is -1.08. The van der Waals surface area contributed by atoms with Crippen LogP contribution in [-0.4, -0.2) is 5.78 Å². The standard InChI is InChI=1S/C13H15ClO/c1-3-4-5-9-13(15)11-7-6-8-12(14)10(11)2/h3,6-8H,1,4-5,9H2,2H3. The van der Waals surface area contributed by atoms with Crippen LogP contribution in [0.15, 0.2) is 30.9 Å². The average Bonchev–Trinajstić information content (AvgIpc) is 2.22. The Labute approximate surface area is 95.8 Å². The largest absolute Gasteiger partial charge is 0.294 e. The topological polar surface area (TPSA) is 17.1 Å². The van der Waals surface area contributed by atoms with Crippen molar-refractivity contribution in [3.8, 4) is 0 Å². The molecule has 80 valence electrons. The molecule has 0 aliphatic carbocycles. The third-order valence-electron chi connectivity index (χ3n) is 2.38. The number of hydrogen-bond acceptors (Lipinski definition) is 1. The third-order valence-corrected chi connectivity index (χ3v) is 2.79. The lowest BCUT2D eigenvalue weighted by molar-refractivity contribution is 0.0980. The molecule has 0 N–H and O–H groups in total. The van der Waals surface area contributed by atoms with Gasteiger partial charge in [0.1, 0.15) is 0 Å². The number of Topliss-reactive ketones (excluding diaryl/α,β-unsaturated/α-hetero) is 1. The summed E-state index contributed by atoms with van der Waals surface area (Å²) in [5.41, 5.74) is 1.62. The highest BCUT2D eigenvalue weighted by atomic mass is 35.5. The lowest BCUT2D eigenvalue weighted by atomic mass is 10.0. The first-order valence-electron chi connectivity index (χ1n) is 5.06. The molecule has 1 aromatic rings. The number of hydrogen-bond donors (Lipinski definition) is 0. The summed E-state index contributed by atoms with van der Waals surface area (Å²) in [6, 6.07) is 5.45. The van der Waals surface area contributed by atoms with Gasteiger partial charge in [0, 0.05) is 17.0 Å². The molecule has 15 heavy (non-hydrogen) atoms. The van der Waals surface area contributed by atoms with E-state index in [1.54, 1.807) is 6.07 Å². The number of carbonyl (C=O) groups excluding carboxylic acids is 1. The van der Waals surface area contributed by atoms with Crippen LogP contribution in [0.25, 0.3) is 0 Å². The first-order valence-corrected chi connectivity index (χ1v) is 5.44. The second kappa shape index (κ2) is 5.72. The van der Waals surface area contributed by atoms with Crippen molar-refractivity contribution in [3.63, 3.8) is 0 Å². The van der Waals surface area contributed by atoms with E-state index in [-0.39, 0.29) is 5.78 Å². The molecule has 1 nitrogen and oxygen atoms in total. The Morgan fingerprint density at radius 3 is 2.93 bits per heavy atom. The van der Waals surface area contributed by atoms with Crippen molar-refractivity contribution >= 4 is 17.4 Å². The summed E-state index contributed by atoms with van der Waals surface area (Å²) in [6.07, 6.45) is 4.13. The number of carbonyl (C=O) groups is 1. The van der Waals surface area contributed by atoms with Gasteiger partial charge in [0.05, 0.1) is 0 Å². The highest BCUT2D eigenvalue weighted by molar-refractivity contribution is 6.31. The van der Waals surface area contributed by atoms with Crippen LogP contribution in [0.3, 0.4) is 0 Å². The fourth-order valence-electron chi connectivity index (χ4n) is 1.45. The monoisotopic (exact) mass is 222 g/mol. The minimum atomic E-state index is 0.164. The Bertz CT molecular complexity index is 369. The predicted octanol–water partition coefficient (Wildman–Crippen LogP) is 4.19. The average molecular weight is 223 g/mol. The van der Waals surface area contributed by atoms with Crippen molar-refractivity contribution in [1.82, 2.24) is 0 Å². The van der Waals surface area contributed by atoms with Crippen LogP contribution < -0.4 is 0 Å². The molecule has 2 heteroatoms. The molecule has 1 rings (SSSR count). The number of rotatable bonds is 5. The van der Waals surface area contributed by atoms with Gasteiger partial charge in [0.25, 0.3) is 0 Å². The van der Waals surface area contributed by atoms with Gasteiger partial charge in [-0.25, -0.2) is 0 Å². The molecule has 0 amide bonds. The summed E-state index contributed by atoms with van der Waals surface area (Å²) in [4.78, 5) is 11.8. The Morgan fingerprint density at radius 1 is 1.53 bits per heavy atom. The maximum absolute atomic E-state index is 11.8. The third kappa shape index (κ3) is 3.21. The van der Waals surface area contributed by atoms with Crippen LogP contribution in [0.5, 0.6) is 0 Å². The minimum absolute atomic E-state index is 0.164. The molecular formula is C13H15ClO. The fraction of sp³-hybridized carbons (Fsp3) is 0.308. The molecule has 1 aromatic carbocycles. The molecule has 0 unspecified atom stereocenters. The maximum Gasteiger partial charge on any atom is 0.163 e. The van der Waals surface area contributed by atoms with E-state index in [0.717, 1.165) is 24.0 Å². The maximum atomic E-state index is 11.8. The first-order chi connectivity index (χ1) is 7.16. The zero-order valence-corrected chi connectivity index (χ0v) is 9.68. The normalized spacial score (nSPS) is 10.0. The number of benzene rings is 1. The molecule has 0 radical (unpaired) electrons. The Balaban J connectivity index is 2.73. The van der Waals surface area contributed by atoms with E-state index < -0.39 is 0 Å². The van der Waals surface area contributed by atoms with Gasteiger partial charge < -0.3 is 0 Å². The molecule has 0 fully saturated rings. The summed E-state index contributed by atoms with van der Waals surface area (Å²) >= 11 is 5.95. The van der Waals surface area contributed by atoms with E-state index >= 15 is 0 Å². The fourth-order valence-corrected chi connectivity index (χ4v) is 1.63. The number of allylic oxidation sites excluding steroid dienone is 1. The molecule has 0 saturated carbocycles. The minimum Gasteiger partial charge on any atom is -0.294 e. The lowest BCUT2D eigenvalue weighted by Crippen LogP contribution is -2.01. The summed E-state index contributed by atoms with van der Waals surface area (Å²) in [5, 5.41) is 0.657. The van der Waals surface area contributed by atoms with Gasteiger partial charge in [-0.2, -0.15) is 0 Å². The van der Waals surface area contributed by atoms with Crippen molar-refractivity contribution in [2.45, 2.75) is 26.2 Å². The number of unbranched alkanes of at least 4 members (excludes halogenated alkanes) is 1. The molecule has 0 spiro atoms. The lowest BCUT2D eigenvalue weighted by Gasteiger charge is -2.05. The molecule has 0 bridgehead atoms. The summed E-state index contributed by atoms with van der Waals surface area (Å²) in [5.74, 6) is 0.164. The van der Waals surface area contributed by atoms with Crippen molar-refractivity contribution < 1.29 is 4.79 Å². The molecule has 0 aliphatic rings. The SMILES string of the molecule is C=CCCCC(=O)c1cccc(Cl)c1C. The quantitative estimate of drug-likeness (QED) is 0.415. The smallest absolute Gasteiger partial charge is 0.163 e.